The second kappa shape index (κ2) is 7.90. The number of carbonyl (C=O) groups excluding carboxylic acids is 2. The van der Waals surface area contributed by atoms with Gasteiger partial charge in [-0.2, -0.15) is 0 Å². The molecular formula is C18H27N5O2S. The molecule has 0 N–H and O–H groups in total. The second-order valence-corrected chi connectivity index (χ2v) is 8.48. The van der Waals surface area contributed by atoms with E-state index < -0.39 is 0 Å². The van der Waals surface area contributed by atoms with Crippen molar-refractivity contribution in [1.29, 1.82) is 0 Å². The maximum Gasteiger partial charge on any atom is 0.228 e. The van der Waals surface area contributed by atoms with E-state index in [-0.39, 0.29) is 11.8 Å². The molecule has 4 rings (SSSR count). The van der Waals surface area contributed by atoms with Gasteiger partial charge in [0.25, 0.3) is 0 Å². The molecule has 26 heavy (non-hydrogen) atoms. The van der Waals surface area contributed by atoms with Gasteiger partial charge in [0.15, 0.2) is 0 Å². The van der Waals surface area contributed by atoms with Crippen molar-refractivity contribution in [3.8, 4) is 0 Å². The Hall–Kier alpha value is -1.70. The van der Waals surface area contributed by atoms with Crippen LogP contribution in [0.3, 0.4) is 0 Å². The van der Waals surface area contributed by atoms with E-state index >= 15 is 0 Å². The van der Waals surface area contributed by atoms with Crippen LogP contribution in [0.5, 0.6) is 0 Å². The van der Waals surface area contributed by atoms with Crippen LogP contribution in [-0.2, 0) is 9.59 Å². The standard InChI is InChI=1S/C18H27N5O2S/c24-15-8-6-12-23(15)18-20-19-17(26-18)22-11-5-7-14(13-22)16(25)21-9-3-1-2-4-10-21/h14H,1-13H2/t14-/m0/s1. The van der Waals surface area contributed by atoms with Gasteiger partial charge in [-0.15, -0.1) is 10.2 Å². The summed E-state index contributed by atoms with van der Waals surface area (Å²) in [4.78, 5) is 30.9. The molecule has 8 heteroatoms. The van der Waals surface area contributed by atoms with Crippen LogP contribution < -0.4 is 9.80 Å². The maximum atomic E-state index is 13.0. The van der Waals surface area contributed by atoms with E-state index in [4.69, 9.17) is 0 Å². The van der Waals surface area contributed by atoms with Gasteiger partial charge in [-0.1, -0.05) is 24.2 Å². The van der Waals surface area contributed by atoms with Crippen LogP contribution in [0.1, 0.15) is 51.4 Å². The van der Waals surface area contributed by atoms with Gasteiger partial charge in [-0.25, -0.2) is 0 Å². The number of likely N-dealkylation sites (tertiary alicyclic amines) is 1. The number of hydrogen-bond acceptors (Lipinski definition) is 6. The van der Waals surface area contributed by atoms with Gasteiger partial charge in [-0.3, -0.25) is 14.5 Å². The zero-order chi connectivity index (χ0) is 17.9. The lowest BCUT2D eigenvalue weighted by atomic mass is 9.96. The Morgan fingerprint density at radius 1 is 0.923 bits per heavy atom. The number of amides is 2. The molecule has 3 saturated heterocycles. The predicted octanol–water partition coefficient (Wildman–Crippen LogP) is 2.28. The fraction of sp³-hybridized carbons (Fsp3) is 0.778. The summed E-state index contributed by atoms with van der Waals surface area (Å²) in [7, 11) is 0. The highest BCUT2D eigenvalue weighted by Gasteiger charge is 2.32. The van der Waals surface area contributed by atoms with Gasteiger partial charge < -0.3 is 9.80 Å². The molecular weight excluding hydrogens is 350 g/mol. The monoisotopic (exact) mass is 377 g/mol. The van der Waals surface area contributed by atoms with Gasteiger partial charge >= 0.3 is 0 Å². The Morgan fingerprint density at radius 2 is 1.69 bits per heavy atom. The minimum absolute atomic E-state index is 0.0580. The third kappa shape index (κ3) is 3.70. The second-order valence-electron chi connectivity index (χ2n) is 7.54. The average Bonchev–Trinajstić information content (AvgIpc) is 3.22. The molecule has 0 aliphatic carbocycles. The SMILES string of the molecule is O=C([C@H]1CCCN(c2nnc(N3CCCC3=O)s2)C1)N1CCCCCC1. The molecule has 3 aliphatic rings. The van der Waals surface area contributed by atoms with E-state index in [2.05, 4.69) is 20.0 Å². The molecule has 1 aromatic rings. The normalized spacial score (nSPS) is 24.8. The molecule has 0 unspecified atom stereocenters. The van der Waals surface area contributed by atoms with Crippen molar-refractivity contribution < 1.29 is 9.59 Å². The quantitative estimate of drug-likeness (QED) is 0.808. The molecule has 1 atom stereocenters. The Morgan fingerprint density at radius 3 is 2.42 bits per heavy atom. The zero-order valence-electron chi connectivity index (χ0n) is 15.2. The topological polar surface area (TPSA) is 69.6 Å². The molecule has 4 heterocycles. The van der Waals surface area contributed by atoms with Gasteiger partial charge in [0.1, 0.15) is 0 Å². The minimum atomic E-state index is 0.0580. The van der Waals surface area contributed by atoms with Crippen molar-refractivity contribution in [1.82, 2.24) is 15.1 Å². The smallest absolute Gasteiger partial charge is 0.228 e. The highest BCUT2D eigenvalue weighted by atomic mass is 32.1. The summed E-state index contributed by atoms with van der Waals surface area (Å²) in [5.41, 5.74) is 0. The molecule has 142 valence electrons. The van der Waals surface area contributed by atoms with E-state index in [1.54, 1.807) is 4.90 Å². The van der Waals surface area contributed by atoms with Crippen LogP contribution in [-0.4, -0.2) is 59.6 Å². The van der Waals surface area contributed by atoms with Crippen molar-refractivity contribution in [3.05, 3.63) is 0 Å². The summed E-state index contributed by atoms with van der Waals surface area (Å²) < 4.78 is 0. The molecule has 3 aliphatic heterocycles. The lowest BCUT2D eigenvalue weighted by molar-refractivity contribution is -0.135. The highest BCUT2D eigenvalue weighted by Crippen LogP contribution is 2.32. The van der Waals surface area contributed by atoms with E-state index in [9.17, 15) is 9.59 Å². The summed E-state index contributed by atoms with van der Waals surface area (Å²) in [5, 5.41) is 10.1. The molecule has 7 nitrogen and oxygen atoms in total. The van der Waals surface area contributed by atoms with Crippen LogP contribution in [0, 0.1) is 5.92 Å². The zero-order valence-corrected chi connectivity index (χ0v) is 16.0. The third-order valence-electron chi connectivity index (χ3n) is 5.67. The lowest BCUT2D eigenvalue weighted by Gasteiger charge is -2.34. The van der Waals surface area contributed by atoms with Gasteiger partial charge in [0.2, 0.25) is 22.1 Å². The molecule has 0 bridgehead atoms. The molecule has 3 fully saturated rings. The summed E-state index contributed by atoms with van der Waals surface area (Å²) in [6.45, 7) is 4.19. The molecule has 0 saturated carbocycles. The van der Waals surface area contributed by atoms with E-state index in [0.29, 0.717) is 17.5 Å². The van der Waals surface area contributed by atoms with Crippen molar-refractivity contribution in [2.75, 3.05) is 42.5 Å². The molecule has 1 aromatic heterocycles. The summed E-state index contributed by atoms with van der Waals surface area (Å²) in [6.07, 6.45) is 8.20. The van der Waals surface area contributed by atoms with Gasteiger partial charge in [0.05, 0.1) is 5.92 Å². The average molecular weight is 378 g/mol. The van der Waals surface area contributed by atoms with Crippen LogP contribution in [0.4, 0.5) is 10.3 Å². The van der Waals surface area contributed by atoms with Crippen molar-refractivity contribution in [2.24, 2.45) is 5.92 Å². The summed E-state index contributed by atoms with van der Waals surface area (Å²) in [5.74, 6) is 0.513. The molecule has 0 radical (unpaired) electrons. The van der Waals surface area contributed by atoms with Gasteiger partial charge in [-0.05, 0) is 32.1 Å². The first kappa shape index (κ1) is 17.7. The first-order valence-electron chi connectivity index (χ1n) is 9.90. The van der Waals surface area contributed by atoms with Crippen molar-refractivity contribution in [2.45, 2.75) is 51.4 Å². The largest absolute Gasteiger partial charge is 0.346 e. The van der Waals surface area contributed by atoms with Crippen LogP contribution in [0.2, 0.25) is 0 Å². The Balaban J connectivity index is 1.41. The Labute approximate surface area is 158 Å². The van der Waals surface area contributed by atoms with Crippen LogP contribution in [0.25, 0.3) is 0 Å². The molecule has 0 spiro atoms. The van der Waals surface area contributed by atoms with Crippen molar-refractivity contribution in [3.63, 3.8) is 0 Å². The molecule has 0 aromatic carbocycles. The number of aromatic nitrogens is 2. The maximum absolute atomic E-state index is 13.0. The highest BCUT2D eigenvalue weighted by molar-refractivity contribution is 7.19. The predicted molar refractivity (Wildman–Crippen MR) is 101 cm³/mol. The van der Waals surface area contributed by atoms with Crippen LogP contribution >= 0.6 is 11.3 Å². The third-order valence-corrected chi connectivity index (χ3v) is 6.67. The fourth-order valence-corrected chi connectivity index (χ4v) is 5.12. The van der Waals surface area contributed by atoms with E-state index in [0.717, 1.165) is 70.0 Å². The number of rotatable bonds is 3. The van der Waals surface area contributed by atoms with E-state index in [1.807, 2.05) is 0 Å². The first-order chi connectivity index (χ1) is 12.7. The summed E-state index contributed by atoms with van der Waals surface area (Å²) in [6, 6.07) is 0. The molecule has 2 amide bonds. The minimum Gasteiger partial charge on any atom is -0.346 e. The summed E-state index contributed by atoms with van der Waals surface area (Å²) >= 11 is 1.48. The Kier molecular flexibility index (Phi) is 5.38. The van der Waals surface area contributed by atoms with E-state index in [1.165, 1.54) is 24.2 Å². The Bertz CT molecular complexity index is 656. The van der Waals surface area contributed by atoms with Gasteiger partial charge in [0, 0.05) is 39.1 Å². The lowest BCUT2D eigenvalue weighted by Crippen LogP contribution is -2.45. The fourth-order valence-electron chi connectivity index (χ4n) is 4.20. The number of piperidine rings is 1. The van der Waals surface area contributed by atoms with Crippen LogP contribution in [0.15, 0.2) is 0 Å². The number of hydrogen-bond donors (Lipinski definition) is 0. The first-order valence-corrected chi connectivity index (χ1v) is 10.7. The number of carbonyl (C=O) groups is 2. The number of anilines is 2. The van der Waals surface area contributed by atoms with Crippen molar-refractivity contribution >= 4 is 33.4 Å². The number of nitrogens with zero attached hydrogens (tertiary/aromatic N) is 5.